The summed E-state index contributed by atoms with van der Waals surface area (Å²) >= 11 is 1.53. The van der Waals surface area contributed by atoms with E-state index in [-0.39, 0.29) is 0 Å². The van der Waals surface area contributed by atoms with Crippen molar-refractivity contribution in [3.63, 3.8) is 0 Å². The third kappa shape index (κ3) is 3.71. The number of nitrogens with two attached hydrogens (primary N) is 1. The molecule has 0 atom stereocenters. The molecule has 0 aliphatic heterocycles. The lowest BCUT2D eigenvalue weighted by molar-refractivity contribution is 0.0636. The van der Waals surface area contributed by atoms with Gasteiger partial charge in [-0.25, -0.2) is 9.78 Å². The number of nitrogens with one attached hydrogen (secondary N) is 1. The van der Waals surface area contributed by atoms with E-state index in [0.717, 1.165) is 10.6 Å². The molecule has 3 N–H and O–H groups in total. The number of carbonyl (C=O) groups is 1. The van der Waals surface area contributed by atoms with Gasteiger partial charge in [0.1, 0.15) is 10.6 Å². The van der Waals surface area contributed by atoms with Gasteiger partial charge in [-0.05, 0) is 39.0 Å². The first-order chi connectivity index (χ1) is 9.35. The fourth-order valence-corrected chi connectivity index (χ4v) is 2.22. The van der Waals surface area contributed by atoms with E-state index in [4.69, 9.17) is 10.5 Å². The number of amides is 1. The first-order valence-electron chi connectivity index (χ1n) is 6.14. The monoisotopic (exact) mass is 291 g/mol. The zero-order valence-corrected chi connectivity index (χ0v) is 12.5. The molecule has 0 saturated carbocycles. The van der Waals surface area contributed by atoms with Crippen LogP contribution in [0.5, 0.6) is 0 Å². The molecule has 1 amide bonds. The highest BCUT2D eigenvalue weighted by Gasteiger charge is 2.17. The first-order valence-corrected chi connectivity index (χ1v) is 7.02. The average molecular weight is 291 g/mol. The molecule has 1 aromatic carbocycles. The standard InChI is InChI=1S/C14H17N3O2S/c1-14(2,3)19-13(18)17-11-5-4-9(8-10(11)15)12-16-6-7-20-12/h4-8H,15H2,1-3H3,(H,17,18). The zero-order valence-electron chi connectivity index (χ0n) is 11.6. The second kappa shape index (κ2) is 5.50. The quantitative estimate of drug-likeness (QED) is 0.826. The van der Waals surface area contributed by atoms with E-state index in [1.165, 1.54) is 11.3 Å². The van der Waals surface area contributed by atoms with Gasteiger partial charge < -0.3 is 10.5 Å². The van der Waals surface area contributed by atoms with Crippen LogP contribution in [0.4, 0.5) is 16.2 Å². The van der Waals surface area contributed by atoms with Gasteiger partial charge in [-0.15, -0.1) is 11.3 Å². The van der Waals surface area contributed by atoms with Gasteiger partial charge in [0, 0.05) is 17.1 Å². The summed E-state index contributed by atoms with van der Waals surface area (Å²) in [6.07, 6.45) is 1.22. The smallest absolute Gasteiger partial charge is 0.412 e. The predicted octanol–water partition coefficient (Wildman–Crippen LogP) is 3.74. The maximum Gasteiger partial charge on any atom is 0.412 e. The lowest BCUT2D eigenvalue weighted by atomic mass is 10.2. The molecule has 0 spiro atoms. The Labute approximate surface area is 121 Å². The van der Waals surface area contributed by atoms with Gasteiger partial charge in [-0.3, -0.25) is 5.32 Å². The van der Waals surface area contributed by atoms with Crippen molar-refractivity contribution in [2.45, 2.75) is 26.4 Å². The van der Waals surface area contributed by atoms with E-state index in [2.05, 4.69) is 10.3 Å². The molecule has 0 bridgehead atoms. The van der Waals surface area contributed by atoms with Crippen LogP contribution in [-0.4, -0.2) is 16.7 Å². The summed E-state index contributed by atoms with van der Waals surface area (Å²) in [6.45, 7) is 5.42. The van der Waals surface area contributed by atoms with Gasteiger partial charge >= 0.3 is 6.09 Å². The minimum absolute atomic E-state index is 0.476. The van der Waals surface area contributed by atoms with E-state index in [1.54, 1.807) is 18.3 Å². The van der Waals surface area contributed by atoms with Crippen molar-refractivity contribution in [3.05, 3.63) is 29.8 Å². The van der Waals surface area contributed by atoms with Crippen molar-refractivity contribution in [1.29, 1.82) is 0 Å². The van der Waals surface area contributed by atoms with Gasteiger partial charge in [-0.2, -0.15) is 0 Å². The number of anilines is 2. The highest BCUT2D eigenvalue weighted by Crippen LogP contribution is 2.28. The second-order valence-corrected chi connectivity index (χ2v) is 6.16. The van der Waals surface area contributed by atoms with E-state index in [0.29, 0.717) is 11.4 Å². The number of aromatic nitrogens is 1. The normalized spacial score (nSPS) is 11.2. The Balaban J connectivity index is 2.13. The molecule has 1 heterocycles. The Kier molecular flexibility index (Phi) is 3.94. The Morgan fingerprint density at radius 3 is 2.70 bits per heavy atom. The van der Waals surface area contributed by atoms with Crippen LogP contribution in [-0.2, 0) is 4.74 Å². The van der Waals surface area contributed by atoms with Gasteiger partial charge in [0.2, 0.25) is 0 Å². The fraction of sp³-hybridized carbons (Fsp3) is 0.286. The summed E-state index contributed by atoms with van der Waals surface area (Å²) in [7, 11) is 0. The molecule has 0 unspecified atom stereocenters. The summed E-state index contributed by atoms with van der Waals surface area (Å²) in [5, 5.41) is 5.43. The molecular weight excluding hydrogens is 274 g/mol. The van der Waals surface area contributed by atoms with E-state index in [9.17, 15) is 4.79 Å². The summed E-state index contributed by atoms with van der Waals surface area (Å²) in [5.41, 5.74) is 7.33. The van der Waals surface area contributed by atoms with Crippen molar-refractivity contribution < 1.29 is 9.53 Å². The van der Waals surface area contributed by atoms with Gasteiger partial charge in [0.25, 0.3) is 0 Å². The Hall–Kier alpha value is -2.08. The number of nitrogens with zero attached hydrogens (tertiary/aromatic N) is 1. The molecule has 0 fully saturated rings. The minimum Gasteiger partial charge on any atom is -0.444 e. The fourth-order valence-electron chi connectivity index (χ4n) is 1.59. The number of nitrogen functional groups attached to an aromatic ring is 1. The van der Waals surface area contributed by atoms with Gasteiger partial charge in [0.15, 0.2) is 0 Å². The van der Waals surface area contributed by atoms with Crippen molar-refractivity contribution in [3.8, 4) is 10.6 Å². The number of carbonyl (C=O) groups excluding carboxylic acids is 1. The lowest BCUT2D eigenvalue weighted by Gasteiger charge is -2.20. The molecular formula is C14H17N3O2S. The van der Waals surface area contributed by atoms with Crippen LogP contribution in [0.3, 0.4) is 0 Å². The summed E-state index contributed by atoms with van der Waals surface area (Å²) < 4.78 is 5.18. The van der Waals surface area contributed by atoms with Crippen molar-refractivity contribution in [2.24, 2.45) is 0 Å². The van der Waals surface area contributed by atoms with Crippen LogP contribution in [0.1, 0.15) is 20.8 Å². The van der Waals surface area contributed by atoms with Crippen LogP contribution in [0.25, 0.3) is 10.6 Å². The average Bonchev–Trinajstić information content (AvgIpc) is 2.82. The number of ether oxygens (including phenoxy) is 1. The Bertz CT molecular complexity index is 603. The SMILES string of the molecule is CC(C)(C)OC(=O)Nc1ccc(-c2nccs2)cc1N. The third-order valence-corrected chi connectivity index (χ3v) is 3.19. The van der Waals surface area contributed by atoms with E-state index in [1.807, 2.05) is 32.2 Å². The van der Waals surface area contributed by atoms with Gasteiger partial charge in [0.05, 0.1) is 11.4 Å². The molecule has 2 aromatic rings. The summed E-state index contributed by atoms with van der Waals surface area (Å²) in [4.78, 5) is 15.9. The molecule has 0 aliphatic rings. The van der Waals surface area contributed by atoms with E-state index < -0.39 is 11.7 Å². The molecule has 6 heteroatoms. The molecule has 106 valence electrons. The number of rotatable bonds is 2. The lowest BCUT2D eigenvalue weighted by Crippen LogP contribution is -2.27. The molecule has 2 rings (SSSR count). The first kappa shape index (κ1) is 14.3. The zero-order chi connectivity index (χ0) is 14.8. The molecule has 0 saturated heterocycles. The Morgan fingerprint density at radius 1 is 1.40 bits per heavy atom. The third-order valence-electron chi connectivity index (χ3n) is 2.37. The summed E-state index contributed by atoms with van der Waals surface area (Å²) in [6, 6.07) is 5.39. The van der Waals surface area contributed by atoms with E-state index >= 15 is 0 Å². The Morgan fingerprint density at radius 2 is 2.15 bits per heavy atom. The summed E-state index contributed by atoms with van der Waals surface area (Å²) in [5.74, 6) is 0. The van der Waals surface area contributed by atoms with Crippen molar-refractivity contribution in [2.75, 3.05) is 11.1 Å². The van der Waals surface area contributed by atoms with Gasteiger partial charge in [-0.1, -0.05) is 0 Å². The minimum atomic E-state index is -0.542. The maximum absolute atomic E-state index is 11.7. The van der Waals surface area contributed by atoms with Crippen LogP contribution < -0.4 is 11.1 Å². The van der Waals surface area contributed by atoms with Crippen LogP contribution >= 0.6 is 11.3 Å². The van der Waals surface area contributed by atoms with Crippen LogP contribution in [0.2, 0.25) is 0 Å². The number of hydrogen-bond acceptors (Lipinski definition) is 5. The van der Waals surface area contributed by atoms with Crippen LogP contribution in [0, 0.1) is 0 Å². The molecule has 1 aromatic heterocycles. The molecule has 5 nitrogen and oxygen atoms in total. The molecule has 0 radical (unpaired) electrons. The maximum atomic E-state index is 11.7. The number of thiazole rings is 1. The molecule has 0 aliphatic carbocycles. The van der Waals surface area contributed by atoms with Crippen molar-refractivity contribution in [1.82, 2.24) is 4.98 Å². The highest BCUT2D eigenvalue weighted by atomic mass is 32.1. The largest absolute Gasteiger partial charge is 0.444 e. The molecule has 20 heavy (non-hydrogen) atoms. The van der Waals surface area contributed by atoms with Crippen molar-refractivity contribution >= 4 is 28.8 Å². The highest BCUT2D eigenvalue weighted by molar-refractivity contribution is 7.13. The second-order valence-electron chi connectivity index (χ2n) is 5.27. The topological polar surface area (TPSA) is 77.2 Å². The number of hydrogen-bond donors (Lipinski definition) is 2. The van der Waals surface area contributed by atoms with Crippen LogP contribution in [0.15, 0.2) is 29.8 Å². The number of benzene rings is 1. The predicted molar refractivity (Wildman–Crippen MR) is 81.8 cm³/mol.